The third-order valence-corrected chi connectivity index (χ3v) is 5.41. The number of nitrogens with zero attached hydrogens (tertiary/aromatic N) is 8. The fourth-order valence-electron chi connectivity index (χ4n) is 3.88. The zero-order valence-corrected chi connectivity index (χ0v) is 16.5. The van der Waals surface area contributed by atoms with Crippen molar-refractivity contribution in [2.75, 3.05) is 67.2 Å². The summed E-state index contributed by atoms with van der Waals surface area (Å²) in [6, 6.07) is 6.04. The zero-order valence-electron chi connectivity index (χ0n) is 16.5. The van der Waals surface area contributed by atoms with E-state index in [1.807, 2.05) is 19.1 Å². The molecular weight excluding hydrogens is 368 g/mol. The number of hydrogen-bond donors (Lipinski definition) is 0. The number of hydrogen-bond acceptors (Lipinski definition) is 9. The molecule has 0 radical (unpaired) electrons. The van der Waals surface area contributed by atoms with Crippen molar-refractivity contribution in [1.29, 1.82) is 0 Å². The first-order valence-electron chi connectivity index (χ1n) is 10.0. The van der Waals surface area contributed by atoms with E-state index in [-0.39, 0.29) is 0 Å². The minimum Gasteiger partial charge on any atom is -0.378 e. The molecular formula is C20H24N8O. The highest BCUT2D eigenvalue weighted by Gasteiger charge is 2.23. The average Bonchev–Trinajstić information content (AvgIpc) is 2.79. The van der Waals surface area contributed by atoms with E-state index in [0.29, 0.717) is 0 Å². The summed E-state index contributed by atoms with van der Waals surface area (Å²) < 4.78 is 5.45. The Kier molecular flexibility index (Phi) is 4.81. The van der Waals surface area contributed by atoms with Crippen molar-refractivity contribution < 1.29 is 4.74 Å². The first kappa shape index (κ1) is 18.0. The lowest BCUT2D eigenvalue weighted by molar-refractivity contribution is 0.122. The van der Waals surface area contributed by atoms with Crippen LogP contribution in [0.2, 0.25) is 0 Å². The topological polar surface area (TPSA) is 83.4 Å². The van der Waals surface area contributed by atoms with Gasteiger partial charge in [-0.25, -0.2) is 19.9 Å². The number of anilines is 3. The summed E-state index contributed by atoms with van der Waals surface area (Å²) in [5.41, 5.74) is 1.73. The predicted octanol–water partition coefficient (Wildman–Crippen LogP) is 1.29. The highest BCUT2D eigenvalue weighted by atomic mass is 16.5. The van der Waals surface area contributed by atoms with Crippen LogP contribution in [0.25, 0.3) is 11.0 Å². The molecule has 5 rings (SSSR count). The second-order valence-electron chi connectivity index (χ2n) is 7.31. The van der Waals surface area contributed by atoms with Crippen LogP contribution in [0.3, 0.4) is 0 Å². The van der Waals surface area contributed by atoms with Crippen molar-refractivity contribution in [2.45, 2.75) is 6.92 Å². The minimum absolute atomic E-state index is 0.729. The Bertz CT molecular complexity index is 993. The largest absolute Gasteiger partial charge is 0.378 e. The highest BCUT2D eigenvalue weighted by Crippen LogP contribution is 2.24. The standard InChI is InChI=1S/C20H24N8O/c1-15-13-17(25-20(24-15)28-9-11-29-12-10-28)26-5-7-27(8-6-26)19-16-3-2-4-21-18(16)22-14-23-19/h2-4,13-14H,5-12H2,1H3. The van der Waals surface area contributed by atoms with E-state index in [4.69, 9.17) is 9.72 Å². The maximum atomic E-state index is 5.45. The number of fused-ring (bicyclic) bond motifs is 1. The minimum atomic E-state index is 0.729. The Morgan fingerprint density at radius 2 is 1.66 bits per heavy atom. The van der Waals surface area contributed by atoms with Crippen LogP contribution in [0.1, 0.15) is 5.69 Å². The molecule has 2 aliphatic heterocycles. The number of aromatic nitrogens is 5. The molecule has 0 saturated carbocycles. The van der Waals surface area contributed by atoms with E-state index in [9.17, 15) is 0 Å². The maximum Gasteiger partial charge on any atom is 0.227 e. The molecule has 2 aliphatic rings. The molecule has 29 heavy (non-hydrogen) atoms. The molecule has 0 amide bonds. The number of ether oxygens (including phenoxy) is 1. The van der Waals surface area contributed by atoms with E-state index >= 15 is 0 Å². The number of aryl methyl sites for hydroxylation is 1. The molecule has 0 atom stereocenters. The molecule has 0 aliphatic carbocycles. The predicted molar refractivity (Wildman–Crippen MR) is 112 cm³/mol. The van der Waals surface area contributed by atoms with Crippen molar-refractivity contribution in [3.63, 3.8) is 0 Å². The molecule has 9 heteroatoms. The third kappa shape index (κ3) is 3.65. The first-order chi connectivity index (χ1) is 14.3. The summed E-state index contributed by atoms with van der Waals surface area (Å²) >= 11 is 0. The van der Waals surface area contributed by atoms with E-state index in [0.717, 1.165) is 86.8 Å². The van der Waals surface area contributed by atoms with E-state index < -0.39 is 0 Å². The fourth-order valence-corrected chi connectivity index (χ4v) is 3.88. The molecule has 0 spiro atoms. The zero-order chi connectivity index (χ0) is 19.6. The smallest absolute Gasteiger partial charge is 0.227 e. The molecule has 3 aromatic heterocycles. The van der Waals surface area contributed by atoms with Crippen LogP contribution in [0.15, 0.2) is 30.7 Å². The summed E-state index contributed by atoms with van der Waals surface area (Å²) in [6.45, 7) is 8.67. The van der Waals surface area contributed by atoms with Crippen molar-refractivity contribution in [1.82, 2.24) is 24.9 Å². The van der Waals surface area contributed by atoms with Gasteiger partial charge in [-0.2, -0.15) is 4.98 Å². The van der Waals surface area contributed by atoms with Crippen LogP contribution in [0.4, 0.5) is 17.6 Å². The Hall–Kier alpha value is -3.07. The van der Waals surface area contributed by atoms with Gasteiger partial charge in [-0.15, -0.1) is 0 Å². The quantitative estimate of drug-likeness (QED) is 0.654. The Balaban J connectivity index is 1.33. The molecule has 2 saturated heterocycles. The SMILES string of the molecule is Cc1cc(N2CCN(c3ncnc4ncccc34)CC2)nc(N2CCOCC2)n1. The number of rotatable bonds is 3. The van der Waals surface area contributed by atoms with Gasteiger partial charge in [-0.3, -0.25) is 0 Å². The van der Waals surface area contributed by atoms with E-state index in [1.54, 1.807) is 12.5 Å². The lowest BCUT2D eigenvalue weighted by Crippen LogP contribution is -2.47. The molecule has 2 fully saturated rings. The Morgan fingerprint density at radius 1 is 0.862 bits per heavy atom. The average molecular weight is 392 g/mol. The van der Waals surface area contributed by atoms with E-state index in [2.05, 4.69) is 40.7 Å². The van der Waals surface area contributed by atoms with Crippen molar-refractivity contribution in [3.05, 3.63) is 36.4 Å². The van der Waals surface area contributed by atoms with Gasteiger partial charge in [0.2, 0.25) is 5.95 Å². The van der Waals surface area contributed by atoms with Gasteiger partial charge < -0.3 is 19.4 Å². The summed E-state index contributed by atoms with van der Waals surface area (Å²) in [7, 11) is 0. The summed E-state index contributed by atoms with van der Waals surface area (Å²) in [5.74, 6) is 2.75. The third-order valence-electron chi connectivity index (χ3n) is 5.41. The Morgan fingerprint density at radius 3 is 2.48 bits per heavy atom. The van der Waals surface area contributed by atoms with Crippen LogP contribution in [0, 0.1) is 6.92 Å². The second kappa shape index (κ2) is 7.75. The maximum absolute atomic E-state index is 5.45. The molecule has 0 aromatic carbocycles. The normalized spacial score (nSPS) is 17.8. The van der Waals surface area contributed by atoms with Gasteiger partial charge in [0.15, 0.2) is 5.65 Å². The van der Waals surface area contributed by atoms with Crippen LogP contribution in [-0.2, 0) is 4.74 Å². The van der Waals surface area contributed by atoms with Gasteiger partial charge in [0.05, 0.1) is 18.6 Å². The van der Waals surface area contributed by atoms with Crippen LogP contribution in [-0.4, -0.2) is 77.4 Å². The van der Waals surface area contributed by atoms with E-state index in [1.165, 1.54) is 0 Å². The lowest BCUT2D eigenvalue weighted by Gasteiger charge is -2.37. The van der Waals surface area contributed by atoms with Gasteiger partial charge in [0.25, 0.3) is 0 Å². The van der Waals surface area contributed by atoms with Crippen LogP contribution >= 0.6 is 0 Å². The fraction of sp³-hybridized carbons (Fsp3) is 0.450. The van der Waals surface area contributed by atoms with Gasteiger partial charge in [0.1, 0.15) is 18.0 Å². The molecule has 0 N–H and O–H groups in total. The highest BCUT2D eigenvalue weighted by molar-refractivity contribution is 5.86. The molecule has 0 unspecified atom stereocenters. The monoisotopic (exact) mass is 392 g/mol. The Labute approximate surface area is 169 Å². The summed E-state index contributed by atoms with van der Waals surface area (Å²) in [4.78, 5) is 29.5. The molecule has 150 valence electrons. The number of piperazine rings is 1. The molecule has 9 nitrogen and oxygen atoms in total. The van der Waals surface area contributed by atoms with Crippen LogP contribution < -0.4 is 14.7 Å². The molecule has 0 bridgehead atoms. The van der Waals surface area contributed by atoms with Crippen LogP contribution in [0.5, 0.6) is 0 Å². The van der Waals surface area contributed by atoms with Crippen molar-refractivity contribution in [2.24, 2.45) is 0 Å². The van der Waals surface area contributed by atoms with Crippen molar-refractivity contribution >= 4 is 28.6 Å². The second-order valence-corrected chi connectivity index (χ2v) is 7.31. The van der Waals surface area contributed by atoms with Gasteiger partial charge in [0, 0.05) is 57.2 Å². The summed E-state index contributed by atoms with van der Waals surface area (Å²) in [6.07, 6.45) is 3.36. The summed E-state index contributed by atoms with van der Waals surface area (Å²) in [5, 5.41) is 0.996. The number of morpholine rings is 1. The molecule has 3 aromatic rings. The lowest BCUT2D eigenvalue weighted by atomic mass is 10.2. The first-order valence-corrected chi connectivity index (χ1v) is 10.0. The van der Waals surface area contributed by atoms with Gasteiger partial charge in [-0.05, 0) is 19.1 Å². The molecule has 5 heterocycles. The van der Waals surface area contributed by atoms with Gasteiger partial charge in [-0.1, -0.05) is 0 Å². The van der Waals surface area contributed by atoms with Gasteiger partial charge >= 0.3 is 0 Å². The number of pyridine rings is 1. The van der Waals surface area contributed by atoms with Crippen molar-refractivity contribution in [3.8, 4) is 0 Å².